The van der Waals surface area contributed by atoms with Gasteiger partial charge >= 0.3 is 17.9 Å². The second kappa shape index (κ2) is 13.5. The third-order valence-electron chi connectivity index (χ3n) is 9.33. The van der Waals surface area contributed by atoms with Crippen molar-refractivity contribution >= 4 is 29.8 Å². The smallest absolute Gasteiger partial charge is 0.340 e. The highest BCUT2D eigenvalue weighted by Gasteiger charge is 2.55. The monoisotopic (exact) mass is 700 g/mol. The SMILES string of the molecule is CCCC1OC[C@H]2O[C@@H](CC(=O)/C=C/c3c(O)ccc4c3Oc3cc(O)ccc3C43OC(=O)c4ccccc43)[C@H](OC(C)=O)[C@@H](OC(C)=O)[C@@H]2O1. The highest BCUT2D eigenvalue weighted by atomic mass is 16.7. The van der Waals surface area contributed by atoms with E-state index in [0.29, 0.717) is 28.7 Å². The van der Waals surface area contributed by atoms with Crippen LogP contribution in [0.3, 0.4) is 0 Å². The molecule has 0 saturated carbocycles. The van der Waals surface area contributed by atoms with Gasteiger partial charge in [0.2, 0.25) is 0 Å². The highest BCUT2D eigenvalue weighted by molar-refractivity contribution is 5.98. The van der Waals surface area contributed by atoms with Crippen molar-refractivity contribution in [1.29, 1.82) is 0 Å². The van der Waals surface area contributed by atoms with Crippen LogP contribution in [0.4, 0.5) is 0 Å². The van der Waals surface area contributed by atoms with Gasteiger partial charge in [0.15, 0.2) is 29.9 Å². The van der Waals surface area contributed by atoms with Crippen molar-refractivity contribution in [2.24, 2.45) is 0 Å². The van der Waals surface area contributed by atoms with Crippen LogP contribution < -0.4 is 4.74 Å². The zero-order chi connectivity index (χ0) is 36.0. The zero-order valence-electron chi connectivity index (χ0n) is 28.0. The lowest BCUT2D eigenvalue weighted by Gasteiger charge is -2.48. The molecule has 13 heteroatoms. The minimum absolute atomic E-state index is 0.101. The van der Waals surface area contributed by atoms with E-state index in [2.05, 4.69) is 0 Å². The topological polar surface area (TPSA) is 173 Å². The van der Waals surface area contributed by atoms with Crippen LogP contribution in [0.1, 0.15) is 72.6 Å². The fourth-order valence-corrected chi connectivity index (χ4v) is 7.26. The number of ketones is 1. The Morgan fingerprint density at radius 2 is 1.69 bits per heavy atom. The van der Waals surface area contributed by atoms with E-state index in [4.69, 9.17) is 33.2 Å². The van der Waals surface area contributed by atoms with Crippen molar-refractivity contribution < 1.29 is 62.5 Å². The van der Waals surface area contributed by atoms with Crippen molar-refractivity contribution in [3.8, 4) is 23.0 Å². The summed E-state index contributed by atoms with van der Waals surface area (Å²) < 4.78 is 41.7. The summed E-state index contributed by atoms with van der Waals surface area (Å²) in [5.74, 6) is -2.40. The van der Waals surface area contributed by atoms with Crippen molar-refractivity contribution in [2.75, 3.05) is 6.61 Å². The maximum Gasteiger partial charge on any atom is 0.340 e. The van der Waals surface area contributed by atoms with Gasteiger partial charge in [-0.1, -0.05) is 31.5 Å². The van der Waals surface area contributed by atoms with E-state index in [1.165, 1.54) is 44.2 Å². The lowest BCUT2D eigenvalue weighted by atomic mass is 9.77. The van der Waals surface area contributed by atoms with Gasteiger partial charge in [0, 0.05) is 43.0 Å². The number of hydrogen-bond acceptors (Lipinski definition) is 13. The van der Waals surface area contributed by atoms with Gasteiger partial charge in [0.25, 0.3) is 0 Å². The molecule has 4 aliphatic rings. The van der Waals surface area contributed by atoms with Crippen molar-refractivity contribution in [3.05, 3.63) is 88.5 Å². The number of benzene rings is 3. The number of ether oxygens (including phenoxy) is 7. The average molecular weight is 701 g/mol. The number of aromatic hydroxyl groups is 2. The van der Waals surface area contributed by atoms with E-state index in [1.807, 2.05) is 6.92 Å². The van der Waals surface area contributed by atoms with Crippen LogP contribution in [-0.2, 0) is 48.4 Å². The first-order chi connectivity index (χ1) is 24.5. The summed E-state index contributed by atoms with van der Waals surface area (Å²) in [6, 6.07) is 14.4. The molecule has 7 rings (SSSR count). The molecule has 0 amide bonds. The largest absolute Gasteiger partial charge is 0.508 e. The summed E-state index contributed by atoms with van der Waals surface area (Å²) in [4.78, 5) is 51.2. The predicted molar refractivity (Wildman–Crippen MR) is 176 cm³/mol. The number of fused-ring (bicyclic) bond motifs is 7. The van der Waals surface area contributed by atoms with Crippen LogP contribution in [0, 0.1) is 0 Å². The molecule has 0 aromatic heterocycles. The lowest BCUT2D eigenvalue weighted by molar-refractivity contribution is -0.327. The van der Waals surface area contributed by atoms with Gasteiger partial charge in [0.1, 0.15) is 41.3 Å². The Labute approximate surface area is 292 Å². The van der Waals surface area contributed by atoms with Gasteiger partial charge in [-0.15, -0.1) is 0 Å². The molecule has 7 atom stereocenters. The minimum atomic E-state index is -1.47. The Morgan fingerprint density at radius 3 is 2.45 bits per heavy atom. The third-order valence-corrected chi connectivity index (χ3v) is 9.33. The van der Waals surface area contributed by atoms with E-state index in [1.54, 1.807) is 36.4 Å². The molecule has 0 bridgehead atoms. The molecular weight excluding hydrogens is 664 g/mol. The minimum Gasteiger partial charge on any atom is -0.508 e. The van der Waals surface area contributed by atoms with Gasteiger partial charge in [-0.3, -0.25) is 14.4 Å². The van der Waals surface area contributed by atoms with Crippen LogP contribution in [0.25, 0.3) is 6.08 Å². The molecule has 2 saturated heterocycles. The van der Waals surface area contributed by atoms with Crippen molar-refractivity contribution in [3.63, 3.8) is 0 Å². The number of esters is 3. The van der Waals surface area contributed by atoms with Gasteiger partial charge in [-0.05, 0) is 48.9 Å². The summed E-state index contributed by atoms with van der Waals surface area (Å²) in [5, 5.41) is 21.4. The van der Waals surface area contributed by atoms with E-state index < -0.39 is 66.1 Å². The molecule has 2 fully saturated rings. The van der Waals surface area contributed by atoms with Crippen molar-refractivity contribution in [2.45, 2.75) is 82.4 Å². The molecular formula is C38H36O13. The Morgan fingerprint density at radius 1 is 0.941 bits per heavy atom. The second-order valence-corrected chi connectivity index (χ2v) is 12.8. The molecule has 2 unspecified atom stereocenters. The number of phenols is 2. The van der Waals surface area contributed by atoms with E-state index >= 15 is 0 Å². The molecule has 3 aromatic rings. The quantitative estimate of drug-likeness (QED) is 0.186. The molecule has 3 aromatic carbocycles. The first-order valence-electron chi connectivity index (χ1n) is 16.7. The number of hydrogen-bond donors (Lipinski definition) is 2. The molecule has 266 valence electrons. The summed E-state index contributed by atoms with van der Waals surface area (Å²) in [6.45, 7) is 4.50. The molecule has 4 heterocycles. The van der Waals surface area contributed by atoms with Gasteiger partial charge < -0.3 is 43.4 Å². The Hall–Kier alpha value is -5.24. The van der Waals surface area contributed by atoms with E-state index in [0.717, 1.165) is 6.42 Å². The van der Waals surface area contributed by atoms with Crippen LogP contribution in [0.5, 0.6) is 23.0 Å². The van der Waals surface area contributed by atoms with Crippen LogP contribution >= 0.6 is 0 Å². The molecule has 2 N–H and O–H groups in total. The summed E-state index contributed by atoms with van der Waals surface area (Å²) in [6.07, 6.45) is -1.76. The number of allylic oxidation sites excluding steroid dienone is 1. The van der Waals surface area contributed by atoms with Gasteiger partial charge in [-0.25, -0.2) is 4.79 Å². The molecule has 4 aliphatic heterocycles. The maximum absolute atomic E-state index is 13.6. The summed E-state index contributed by atoms with van der Waals surface area (Å²) >= 11 is 0. The average Bonchev–Trinajstić information content (AvgIpc) is 3.38. The van der Waals surface area contributed by atoms with Crippen molar-refractivity contribution in [1.82, 2.24) is 0 Å². The first-order valence-corrected chi connectivity index (χ1v) is 16.7. The molecule has 0 radical (unpaired) electrons. The fourth-order valence-electron chi connectivity index (χ4n) is 7.26. The Kier molecular flexibility index (Phi) is 9.04. The van der Waals surface area contributed by atoms with Gasteiger partial charge in [-0.2, -0.15) is 0 Å². The van der Waals surface area contributed by atoms with E-state index in [-0.39, 0.29) is 41.6 Å². The first kappa shape index (κ1) is 34.2. The lowest BCUT2D eigenvalue weighted by Crippen LogP contribution is -2.64. The second-order valence-electron chi connectivity index (χ2n) is 12.8. The molecule has 13 nitrogen and oxygen atoms in total. The van der Waals surface area contributed by atoms with Crippen LogP contribution in [0.2, 0.25) is 0 Å². The zero-order valence-corrected chi connectivity index (χ0v) is 28.0. The number of carbonyl (C=O) groups is 4. The molecule has 0 aliphatic carbocycles. The molecule has 51 heavy (non-hydrogen) atoms. The number of rotatable bonds is 8. The summed E-state index contributed by atoms with van der Waals surface area (Å²) in [5.41, 5.74) is 0.384. The van der Waals surface area contributed by atoms with E-state index in [9.17, 15) is 29.4 Å². The predicted octanol–water partition coefficient (Wildman–Crippen LogP) is 4.81. The van der Waals surface area contributed by atoms with Crippen LogP contribution in [0.15, 0.2) is 60.7 Å². The normalized spacial score (nSPS) is 27.4. The molecule has 1 spiro atoms. The Bertz CT molecular complexity index is 1930. The maximum atomic E-state index is 13.6. The fraction of sp³-hybridized carbons (Fsp3) is 0.368. The number of carbonyl (C=O) groups excluding carboxylic acids is 4. The standard InChI is InChI=1S/C38H36O13/c1-4-7-32-45-18-31-35(50-32)36(47-20(3)40)34(46-19(2)39)30(48-31)17-21(41)10-12-24-28(43)15-14-27-33(24)49-29-16-22(42)11-13-26(29)38(27)25-9-6-5-8-23(25)37(44)51-38/h5-6,8-16,30-32,34-36,42-43H,4,7,17-18H2,1-3H3/b12-10+/t30-,31+,32?,34-,35+,36+,38?/m0/s1. The van der Waals surface area contributed by atoms with Crippen LogP contribution in [-0.4, -0.2) is 77.3 Å². The van der Waals surface area contributed by atoms with Gasteiger partial charge in [0.05, 0.1) is 17.7 Å². The summed E-state index contributed by atoms with van der Waals surface area (Å²) in [7, 11) is 0. The highest BCUT2D eigenvalue weighted by Crippen LogP contribution is 2.58. The number of phenolic OH excluding ortho intramolecular Hbond substituents is 2. The Balaban J connectivity index is 1.22. The third kappa shape index (κ3) is 6.11.